The summed E-state index contributed by atoms with van der Waals surface area (Å²) < 4.78 is 73.0. The van der Waals surface area contributed by atoms with Crippen LogP contribution < -0.4 is 0 Å². The number of nitrogens with zero attached hydrogens (tertiary/aromatic N) is 1. The molecule has 0 radical (unpaired) electrons. The quantitative estimate of drug-likeness (QED) is 0.413. The Bertz CT molecular complexity index is 664. The molecule has 0 aliphatic carbocycles. The maximum atomic E-state index is 12.4. The molecule has 0 aromatic heterocycles. The lowest BCUT2D eigenvalue weighted by atomic mass is 10.1. The number of esters is 1. The molecule has 0 fully saturated rings. The van der Waals surface area contributed by atoms with E-state index in [0.717, 1.165) is 18.1 Å². The monoisotopic (exact) mass is 389 g/mol. The van der Waals surface area contributed by atoms with Gasteiger partial charge in [-0.15, -0.1) is 0 Å². The molecule has 0 N–H and O–H groups in total. The summed E-state index contributed by atoms with van der Waals surface area (Å²) in [6, 6.07) is -1.18. The fraction of sp³-hybridized carbons (Fsp3) is 0.692. The third-order valence-electron chi connectivity index (χ3n) is 2.87. The Hall–Kier alpha value is -1.98. The van der Waals surface area contributed by atoms with Crippen LogP contribution in [0.1, 0.15) is 27.2 Å². The Morgan fingerprint density at radius 1 is 1.24 bits per heavy atom. The minimum Gasteiger partial charge on any atom is -0.467 e. The molecule has 0 aromatic carbocycles. The topological polar surface area (TPSA) is 99.2 Å². The van der Waals surface area contributed by atoms with Crippen molar-refractivity contribution in [1.82, 2.24) is 4.90 Å². The van der Waals surface area contributed by atoms with Crippen molar-refractivity contribution in [3.05, 3.63) is 11.8 Å². The summed E-state index contributed by atoms with van der Waals surface area (Å²) in [6.07, 6.45) is -0.345. The number of hydrogen-bond donors (Lipinski definition) is 0. The zero-order chi connectivity index (χ0) is 19.6. The molecule has 8 nitrogen and oxygen atoms in total. The number of carbonyl (C=O) groups is 2. The van der Waals surface area contributed by atoms with Gasteiger partial charge in [0.25, 0.3) is 0 Å². The Kier molecular flexibility index (Phi) is 5.98. The van der Waals surface area contributed by atoms with Crippen LogP contribution in [0.2, 0.25) is 0 Å². The number of ether oxygens (including phenoxy) is 2. The van der Waals surface area contributed by atoms with Crippen LogP contribution in [0, 0.1) is 0 Å². The van der Waals surface area contributed by atoms with Crippen LogP contribution in [0.5, 0.6) is 0 Å². The van der Waals surface area contributed by atoms with Gasteiger partial charge in [0.1, 0.15) is 17.4 Å². The Labute approximate surface area is 142 Å². The van der Waals surface area contributed by atoms with Gasteiger partial charge in [-0.1, -0.05) is 0 Å². The van der Waals surface area contributed by atoms with Crippen molar-refractivity contribution in [2.75, 3.05) is 13.7 Å². The zero-order valence-corrected chi connectivity index (χ0v) is 14.7. The Balaban J connectivity index is 3.07. The first-order chi connectivity index (χ1) is 11.2. The van der Waals surface area contributed by atoms with Gasteiger partial charge in [0.2, 0.25) is 0 Å². The van der Waals surface area contributed by atoms with E-state index >= 15 is 0 Å². The molecule has 0 saturated heterocycles. The van der Waals surface area contributed by atoms with Crippen molar-refractivity contribution in [2.24, 2.45) is 0 Å². The van der Waals surface area contributed by atoms with Crippen molar-refractivity contribution in [3.63, 3.8) is 0 Å². The minimum absolute atomic E-state index is 0.297. The molecule has 25 heavy (non-hydrogen) atoms. The van der Waals surface area contributed by atoms with Crippen molar-refractivity contribution >= 4 is 22.2 Å². The predicted octanol–water partition coefficient (Wildman–Crippen LogP) is 1.92. The van der Waals surface area contributed by atoms with Gasteiger partial charge >= 0.3 is 27.7 Å². The van der Waals surface area contributed by atoms with Crippen molar-refractivity contribution in [3.8, 4) is 0 Å². The average Bonchev–Trinajstić information content (AvgIpc) is 2.43. The molecule has 0 bridgehead atoms. The molecule has 0 aromatic rings. The first-order valence-corrected chi connectivity index (χ1v) is 8.36. The summed E-state index contributed by atoms with van der Waals surface area (Å²) in [4.78, 5) is 24.7. The van der Waals surface area contributed by atoms with Crippen LogP contribution in [0.4, 0.5) is 18.0 Å². The summed E-state index contributed by atoms with van der Waals surface area (Å²) in [5.41, 5.74) is -6.57. The third-order valence-corrected chi connectivity index (χ3v) is 3.87. The second-order valence-electron chi connectivity index (χ2n) is 6.04. The second kappa shape index (κ2) is 7.10. The molecule has 1 atom stereocenters. The van der Waals surface area contributed by atoms with E-state index in [1.807, 2.05) is 0 Å². The molecule has 0 spiro atoms. The number of halogens is 3. The van der Waals surface area contributed by atoms with Gasteiger partial charge < -0.3 is 13.7 Å². The SMILES string of the molecule is COC(=O)C1CC=C(OS(=O)(=O)C(F)(F)F)CN1C(=O)OC(C)(C)C. The van der Waals surface area contributed by atoms with Gasteiger partial charge in [-0.05, 0) is 26.8 Å². The number of hydrogen-bond acceptors (Lipinski definition) is 7. The summed E-state index contributed by atoms with van der Waals surface area (Å²) in [6.45, 7) is 3.93. The number of alkyl halides is 3. The van der Waals surface area contributed by atoms with Gasteiger partial charge in [0, 0.05) is 6.42 Å². The molecule has 1 amide bonds. The second-order valence-corrected chi connectivity index (χ2v) is 7.57. The first-order valence-electron chi connectivity index (χ1n) is 6.95. The fourth-order valence-electron chi connectivity index (χ4n) is 1.83. The summed E-state index contributed by atoms with van der Waals surface area (Å²) in [7, 11) is -4.82. The number of carbonyl (C=O) groups excluding carboxylic acids is 2. The minimum atomic E-state index is -5.89. The molecular formula is C13H18F3NO7S. The van der Waals surface area contributed by atoms with Gasteiger partial charge in [-0.3, -0.25) is 4.90 Å². The van der Waals surface area contributed by atoms with Crippen LogP contribution in [0.25, 0.3) is 0 Å². The molecule has 1 unspecified atom stereocenters. The Morgan fingerprint density at radius 3 is 2.24 bits per heavy atom. The van der Waals surface area contributed by atoms with E-state index in [-0.39, 0.29) is 6.42 Å². The van der Waals surface area contributed by atoms with Crippen LogP contribution in [-0.4, -0.2) is 56.2 Å². The molecule has 12 heteroatoms. The van der Waals surface area contributed by atoms with Gasteiger partial charge in [0.05, 0.1) is 13.7 Å². The van der Waals surface area contributed by atoms with Crippen LogP contribution in [0.3, 0.4) is 0 Å². The van der Waals surface area contributed by atoms with Gasteiger partial charge in [0.15, 0.2) is 0 Å². The third kappa shape index (κ3) is 5.51. The highest BCUT2D eigenvalue weighted by Crippen LogP contribution is 2.29. The molecule has 0 saturated carbocycles. The lowest BCUT2D eigenvalue weighted by Gasteiger charge is -2.34. The number of amides is 1. The average molecular weight is 389 g/mol. The van der Waals surface area contributed by atoms with Gasteiger partial charge in [-0.25, -0.2) is 9.59 Å². The number of rotatable bonds is 3. The molecular weight excluding hydrogens is 371 g/mol. The van der Waals surface area contributed by atoms with E-state index in [1.165, 1.54) is 0 Å². The predicted molar refractivity (Wildman–Crippen MR) is 77.5 cm³/mol. The first kappa shape index (κ1) is 21.1. The summed E-state index contributed by atoms with van der Waals surface area (Å²) in [5.74, 6) is -1.48. The molecule has 1 rings (SSSR count). The van der Waals surface area contributed by atoms with Gasteiger partial charge in [-0.2, -0.15) is 21.6 Å². The van der Waals surface area contributed by atoms with E-state index < -0.39 is 51.6 Å². The van der Waals surface area contributed by atoms with E-state index in [4.69, 9.17) is 4.74 Å². The van der Waals surface area contributed by atoms with Crippen LogP contribution in [0.15, 0.2) is 11.8 Å². The van der Waals surface area contributed by atoms with E-state index in [9.17, 15) is 31.2 Å². The van der Waals surface area contributed by atoms with E-state index in [0.29, 0.717) is 0 Å². The van der Waals surface area contributed by atoms with Crippen LogP contribution in [-0.2, 0) is 28.6 Å². The maximum Gasteiger partial charge on any atom is 0.534 e. The highest BCUT2D eigenvalue weighted by Gasteiger charge is 2.49. The van der Waals surface area contributed by atoms with E-state index in [2.05, 4.69) is 8.92 Å². The maximum absolute atomic E-state index is 12.4. The molecule has 144 valence electrons. The van der Waals surface area contributed by atoms with Crippen molar-refractivity contribution < 1.29 is 44.8 Å². The molecule has 1 heterocycles. The molecule has 1 aliphatic rings. The molecule has 1 aliphatic heterocycles. The zero-order valence-electron chi connectivity index (χ0n) is 13.9. The largest absolute Gasteiger partial charge is 0.534 e. The standard InChI is InChI=1S/C13H18F3NO7S/c1-12(2,3)23-11(19)17-7-8(5-6-9(17)10(18)22-4)24-25(20,21)13(14,15)16/h5,9H,6-7H2,1-4H3. The highest BCUT2D eigenvalue weighted by molar-refractivity contribution is 7.87. The summed E-state index contributed by atoms with van der Waals surface area (Å²) in [5, 5.41) is 0. The smallest absolute Gasteiger partial charge is 0.467 e. The van der Waals surface area contributed by atoms with Crippen molar-refractivity contribution in [2.45, 2.75) is 44.3 Å². The fourth-order valence-corrected chi connectivity index (χ4v) is 2.33. The highest BCUT2D eigenvalue weighted by atomic mass is 32.2. The van der Waals surface area contributed by atoms with Crippen LogP contribution >= 0.6 is 0 Å². The van der Waals surface area contributed by atoms with Crippen molar-refractivity contribution in [1.29, 1.82) is 0 Å². The summed E-state index contributed by atoms with van der Waals surface area (Å²) >= 11 is 0. The lowest BCUT2D eigenvalue weighted by molar-refractivity contribution is -0.147. The lowest BCUT2D eigenvalue weighted by Crippen LogP contribution is -2.50. The number of methoxy groups -OCH3 is 1. The Morgan fingerprint density at radius 2 is 1.80 bits per heavy atom. The van der Waals surface area contributed by atoms with E-state index in [1.54, 1.807) is 20.8 Å². The normalized spacial score (nSPS) is 19.1.